The van der Waals surface area contributed by atoms with Gasteiger partial charge in [0.2, 0.25) is 0 Å². The third-order valence-corrected chi connectivity index (χ3v) is 5.54. The lowest BCUT2D eigenvalue weighted by atomic mass is 10.1. The van der Waals surface area contributed by atoms with Gasteiger partial charge in [0.05, 0.1) is 30.4 Å². The van der Waals surface area contributed by atoms with E-state index in [4.69, 9.17) is 0 Å². The van der Waals surface area contributed by atoms with Gasteiger partial charge in [-0.1, -0.05) is 0 Å². The summed E-state index contributed by atoms with van der Waals surface area (Å²) in [7, 11) is 0. The van der Waals surface area contributed by atoms with Crippen LogP contribution in [-0.2, 0) is 0 Å². The predicted molar refractivity (Wildman–Crippen MR) is 95.5 cm³/mol. The van der Waals surface area contributed by atoms with Crippen LogP contribution in [0.5, 0.6) is 0 Å². The third-order valence-electron chi connectivity index (χ3n) is 3.75. The second kappa shape index (κ2) is 6.19. The SMILES string of the molecule is N#CCC(c1cc(Br)cs1)n1cc(-c2ncnc3[nH]ccc23)cn1. The molecule has 0 saturated heterocycles. The summed E-state index contributed by atoms with van der Waals surface area (Å²) < 4.78 is 2.85. The third kappa shape index (κ3) is 2.62. The summed E-state index contributed by atoms with van der Waals surface area (Å²) in [6, 6.07) is 6.12. The smallest absolute Gasteiger partial charge is 0.141 e. The highest BCUT2D eigenvalue weighted by molar-refractivity contribution is 9.10. The molecule has 0 fully saturated rings. The number of nitriles is 1. The van der Waals surface area contributed by atoms with Crippen molar-refractivity contribution in [2.24, 2.45) is 0 Å². The van der Waals surface area contributed by atoms with Gasteiger partial charge in [-0.05, 0) is 28.1 Å². The Hall–Kier alpha value is -2.50. The molecule has 0 spiro atoms. The molecule has 0 aliphatic heterocycles. The minimum Gasteiger partial charge on any atom is -0.346 e. The fourth-order valence-corrected chi connectivity index (χ4v) is 4.19. The van der Waals surface area contributed by atoms with Crippen LogP contribution in [0.3, 0.4) is 0 Å². The summed E-state index contributed by atoms with van der Waals surface area (Å²) in [6.45, 7) is 0. The van der Waals surface area contributed by atoms with Crippen LogP contribution in [-0.4, -0.2) is 24.7 Å². The maximum absolute atomic E-state index is 9.18. The van der Waals surface area contributed by atoms with Gasteiger partial charge in [0.1, 0.15) is 12.0 Å². The normalized spacial score (nSPS) is 12.3. The first-order chi connectivity index (χ1) is 11.8. The Balaban J connectivity index is 1.76. The zero-order chi connectivity index (χ0) is 16.5. The van der Waals surface area contributed by atoms with E-state index >= 15 is 0 Å². The summed E-state index contributed by atoms with van der Waals surface area (Å²) in [6.07, 6.45) is 7.45. The Morgan fingerprint density at radius 2 is 2.33 bits per heavy atom. The second-order valence-corrected chi connectivity index (χ2v) is 7.08. The Kier molecular flexibility index (Phi) is 3.88. The maximum Gasteiger partial charge on any atom is 0.141 e. The van der Waals surface area contributed by atoms with Crippen LogP contribution >= 0.6 is 27.3 Å². The van der Waals surface area contributed by atoms with E-state index in [1.54, 1.807) is 17.5 Å². The lowest BCUT2D eigenvalue weighted by Crippen LogP contribution is -2.09. The summed E-state index contributed by atoms with van der Waals surface area (Å²) in [5.41, 5.74) is 2.53. The molecule has 0 aromatic carbocycles. The molecule has 1 N–H and O–H groups in total. The van der Waals surface area contributed by atoms with Crippen molar-refractivity contribution < 1.29 is 0 Å². The number of hydrogen-bond acceptors (Lipinski definition) is 5. The maximum atomic E-state index is 9.18. The Morgan fingerprint density at radius 3 is 3.12 bits per heavy atom. The van der Waals surface area contributed by atoms with Crippen LogP contribution in [0.4, 0.5) is 0 Å². The van der Waals surface area contributed by atoms with Crippen LogP contribution < -0.4 is 0 Å². The molecule has 4 heterocycles. The van der Waals surface area contributed by atoms with Crippen molar-refractivity contribution in [1.29, 1.82) is 5.26 Å². The number of nitrogens with zero attached hydrogens (tertiary/aromatic N) is 5. The molecule has 6 nitrogen and oxygen atoms in total. The van der Waals surface area contributed by atoms with E-state index in [9.17, 15) is 5.26 Å². The van der Waals surface area contributed by atoms with Crippen LogP contribution in [0.2, 0.25) is 0 Å². The molecule has 118 valence electrons. The van der Waals surface area contributed by atoms with Crippen LogP contribution in [0.25, 0.3) is 22.3 Å². The highest BCUT2D eigenvalue weighted by Gasteiger charge is 2.18. The van der Waals surface area contributed by atoms with Crippen LogP contribution in [0.1, 0.15) is 17.3 Å². The van der Waals surface area contributed by atoms with Crippen molar-refractivity contribution in [3.05, 3.63) is 51.8 Å². The molecule has 1 atom stereocenters. The summed E-state index contributed by atoms with van der Waals surface area (Å²) in [5, 5.41) is 16.6. The van der Waals surface area contributed by atoms with E-state index in [2.05, 4.69) is 42.0 Å². The van der Waals surface area contributed by atoms with Gasteiger partial charge in [0.25, 0.3) is 0 Å². The fraction of sp³-hybridized carbons (Fsp3) is 0.125. The number of nitrogens with one attached hydrogen (secondary N) is 1. The molecule has 1 unspecified atom stereocenters. The monoisotopic (exact) mass is 398 g/mol. The standard InChI is InChI=1S/C16H11BrN6S/c17-11-5-14(24-8-11)13(1-3-18)23-7-10(6-22-23)15-12-2-4-19-16(12)21-9-20-15/h2,4-9,13H,1H2,(H,19,20,21). The molecule has 0 saturated carbocycles. The molecule has 4 aromatic heterocycles. The highest BCUT2D eigenvalue weighted by Crippen LogP contribution is 2.32. The van der Waals surface area contributed by atoms with E-state index in [0.29, 0.717) is 6.42 Å². The predicted octanol–water partition coefficient (Wildman–Crippen LogP) is 4.15. The largest absolute Gasteiger partial charge is 0.346 e. The zero-order valence-corrected chi connectivity index (χ0v) is 14.8. The summed E-state index contributed by atoms with van der Waals surface area (Å²) in [4.78, 5) is 12.8. The number of rotatable bonds is 4. The van der Waals surface area contributed by atoms with Crippen LogP contribution in [0, 0.1) is 11.3 Å². The average molecular weight is 399 g/mol. The molecule has 0 aliphatic carbocycles. The van der Waals surface area contributed by atoms with E-state index < -0.39 is 0 Å². The van der Waals surface area contributed by atoms with Gasteiger partial charge < -0.3 is 4.98 Å². The van der Waals surface area contributed by atoms with Gasteiger partial charge in [-0.25, -0.2) is 9.97 Å². The van der Waals surface area contributed by atoms with Crippen molar-refractivity contribution in [2.45, 2.75) is 12.5 Å². The molecule has 4 aromatic rings. The number of halogens is 1. The highest BCUT2D eigenvalue weighted by atomic mass is 79.9. The van der Waals surface area contributed by atoms with Crippen LogP contribution in [0.15, 0.2) is 46.9 Å². The number of aromatic nitrogens is 5. The topological polar surface area (TPSA) is 83.2 Å². The van der Waals surface area contributed by atoms with E-state index in [1.807, 2.05) is 34.6 Å². The quantitative estimate of drug-likeness (QED) is 0.559. The molecule has 0 aliphatic rings. The van der Waals surface area contributed by atoms with E-state index in [-0.39, 0.29) is 6.04 Å². The van der Waals surface area contributed by atoms with Crippen molar-refractivity contribution in [3.63, 3.8) is 0 Å². The van der Waals surface area contributed by atoms with E-state index in [0.717, 1.165) is 31.6 Å². The van der Waals surface area contributed by atoms with Crippen molar-refractivity contribution in [3.8, 4) is 17.3 Å². The van der Waals surface area contributed by atoms with Gasteiger partial charge in [0, 0.05) is 38.1 Å². The Bertz CT molecular complexity index is 1040. The first kappa shape index (κ1) is 15.1. The molecular weight excluding hydrogens is 388 g/mol. The van der Waals surface area contributed by atoms with Crippen molar-refractivity contribution >= 4 is 38.3 Å². The van der Waals surface area contributed by atoms with Gasteiger partial charge in [-0.15, -0.1) is 11.3 Å². The minimum atomic E-state index is -0.108. The average Bonchev–Trinajstić information content (AvgIpc) is 3.32. The summed E-state index contributed by atoms with van der Waals surface area (Å²) in [5.74, 6) is 0. The molecule has 24 heavy (non-hydrogen) atoms. The Labute approximate surface area is 149 Å². The number of aromatic amines is 1. The Morgan fingerprint density at radius 1 is 1.42 bits per heavy atom. The van der Waals surface area contributed by atoms with Gasteiger partial charge in [-0.2, -0.15) is 10.4 Å². The van der Waals surface area contributed by atoms with Gasteiger partial charge >= 0.3 is 0 Å². The number of fused-ring (bicyclic) bond motifs is 1. The number of hydrogen-bond donors (Lipinski definition) is 1. The molecule has 0 bridgehead atoms. The molecular formula is C16H11BrN6S. The molecule has 8 heteroatoms. The molecule has 0 amide bonds. The van der Waals surface area contributed by atoms with E-state index in [1.165, 1.54) is 6.33 Å². The first-order valence-electron chi connectivity index (χ1n) is 7.20. The minimum absolute atomic E-state index is 0.108. The lowest BCUT2D eigenvalue weighted by Gasteiger charge is -2.12. The van der Waals surface area contributed by atoms with Crippen molar-refractivity contribution in [1.82, 2.24) is 24.7 Å². The summed E-state index contributed by atoms with van der Waals surface area (Å²) >= 11 is 5.08. The van der Waals surface area contributed by atoms with Crippen molar-refractivity contribution in [2.75, 3.05) is 0 Å². The number of thiophene rings is 1. The molecule has 0 radical (unpaired) electrons. The zero-order valence-electron chi connectivity index (χ0n) is 12.3. The fourth-order valence-electron chi connectivity index (χ4n) is 2.65. The lowest BCUT2D eigenvalue weighted by molar-refractivity contribution is 0.540. The number of H-pyrrole nitrogens is 1. The molecule has 4 rings (SSSR count). The van der Waals surface area contributed by atoms with Gasteiger partial charge in [0.15, 0.2) is 0 Å². The first-order valence-corrected chi connectivity index (χ1v) is 8.87. The second-order valence-electron chi connectivity index (χ2n) is 5.22. The van der Waals surface area contributed by atoms with Gasteiger partial charge in [-0.3, -0.25) is 4.68 Å².